The van der Waals surface area contributed by atoms with Crippen LogP contribution in [0.15, 0.2) is 59.7 Å². The first-order valence-electron chi connectivity index (χ1n) is 13.2. The lowest BCUT2D eigenvalue weighted by molar-refractivity contribution is -0.133. The number of carbonyl (C=O) groups is 2. The smallest absolute Gasteiger partial charge is 0.318 e. The second-order valence-corrected chi connectivity index (χ2v) is 10.7. The number of hydrogen-bond donors (Lipinski definition) is 1. The van der Waals surface area contributed by atoms with Gasteiger partial charge in [-0.2, -0.15) is 5.10 Å². The van der Waals surface area contributed by atoms with E-state index in [4.69, 9.17) is 14.6 Å². The lowest BCUT2D eigenvalue weighted by atomic mass is 9.98. The Bertz CT molecular complexity index is 1110. The summed E-state index contributed by atoms with van der Waals surface area (Å²) < 4.78 is 10.7. The maximum absolute atomic E-state index is 13.8. The van der Waals surface area contributed by atoms with Gasteiger partial charge in [-0.15, -0.1) is 0 Å². The Kier molecular flexibility index (Phi) is 9.01. The monoisotopic (exact) mass is 521 g/mol. The van der Waals surface area contributed by atoms with Crippen LogP contribution in [0.1, 0.15) is 44.4 Å². The molecule has 204 valence electrons. The first kappa shape index (κ1) is 27.6. The van der Waals surface area contributed by atoms with Crippen LogP contribution in [0.3, 0.4) is 0 Å². The summed E-state index contributed by atoms with van der Waals surface area (Å²) in [4.78, 5) is 30.9. The maximum atomic E-state index is 13.8. The minimum atomic E-state index is -0.419. The summed E-state index contributed by atoms with van der Waals surface area (Å²) in [5.74, 6) is 0.550. The second-order valence-electron chi connectivity index (χ2n) is 10.7. The Morgan fingerprint density at radius 2 is 1.76 bits per heavy atom. The number of benzene rings is 2. The Morgan fingerprint density at radius 1 is 1.08 bits per heavy atom. The minimum absolute atomic E-state index is 0.0605. The van der Waals surface area contributed by atoms with Crippen LogP contribution in [0, 0.1) is 0 Å². The van der Waals surface area contributed by atoms with Gasteiger partial charge in [0.25, 0.3) is 5.91 Å². The molecule has 9 heteroatoms. The van der Waals surface area contributed by atoms with Crippen molar-refractivity contribution in [1.82, 2.24) is 20.1 Å². The van der Waals surface area contributed by atoms with Gasteiger partial charge < -0.3 is 19.7 Å². The molecule has 2 aliphatic heterocycles. The first-order valence-corrected chi connectivity index (χ1v) is 13.2. The standard InChI is InChI=1S/C29H39N5O4/c1-29(2,3)30-28(36)33(15-14-32-16-18-38-19-17-32)21-27(35)34-26(23-8-6-5-7-9-23)20-25(31-34)22-10-12-24(37-4)13-11-22/h5-13,26H,14-21H2,1-4H3,(H,30,36). The molecule has 1 unspecified atom stereocenters. The van der Waals surface area contributed by atoms with Gasteiger partial charge in [-0.05, 0) is 56.2 Å². The summed E-state index contributed by atoms with van der Waals surface area (Å²) in [5, 5.41) is 9.36. The fourth-order valence-electron chi connectivity index (χ4n) is 4.61. The molecule has 38 heavy (non-hydrogen) atoms. The molecule has 0 spiro atoms. The van der Waals surface area contributed by atoms with E-state index in [9.17, 15) is 9.59 Å². The van der Waals surface area contributed by atoms with Crippen LogP contribution in [0.2, 0.25) is 0 Å². The molecule has 4 rings (SSSR count). The van der Waals surface area contributed by atoms with Crippen LogP contribution < -0.4 is 10.1 Å². The summed E-state index contributed by atoms with van der Waals surface area (Å²) in [6, 6.07) is 17.1. The van der Waals surface area contributed by atoms with Gasteiger partial charge in [0.15, 0.2) is 0 Å². The number of nitrogens with zero attached hydrogens (tertiary/aromatic N) is 4. The van der Waals surface area contributed by atoms with Crippen molar-refractivity contribution in [2.75, 3.05) is 53.0 Å². The van der Waals surface area contributed by atoms with Crippen molar-refractivity contribution < 1.29 is 19.1 Å². The van der Waals surface area contributed by atoms with Gasteiger partial charge in [-0.25, -0.2) is 9.80 Å². The predicted octanol–water partition coefficient (Wildman–Crippen LogP) is 3.52. The normalized spacial score (nSPS) is 18.2. The van der Waals surface area contributed by atoms with Gasteiger partial charge in [0.1, 0.15) is 12.3 Å². The number of amides is 3. The van der Waals surface area contributed by atoms with Crippen LogP contribution in [0.4, 0.5) is 4.79 Å². The molecule has 1 N–H and O–H groups in total. The van der Waals surface area contributed by atoms with E-state index >= 15 is 0 Å². The number of rotatable bonds is 8. The molecular formula is C29H39N5O4. The Morgan fingerprint density at radius 3 is 2.39 bits per heavy atom. The molecule has 3 amide bonds. The van der Waals surface area contributed by atoms with Crippen molar-refractivity contribution >= 4 is 17.6 Å². The number of nitrogens with one attached hydrogen (secondary N) is 1. The molecule has 1 fully saturated rings. The van der Waals surface area contributed by atoms with Crippen molar-refractivity contribution in [3.63, 3.8) is 0 Å². The molecule has 0 aromatic heterocycles. The van der Waals surface area contributed by atoms with E-state index in [2.05, 4.69) is 10.2 Å². The molecule has 2 aliphatic rings. The highest BCUT2D eigenvalue weighted by Crippen LogP contribution is 2.33. The zero-order valence-corrected chi connectivity index (χ0v) is 22.9. The highest BCUT2D eigenvalue weighted by Gasteiger charge is 2.35. The fourth-order valence-corrected chi connectivity index (χ4v) is 4.61. The zero-order valence-electron chi connectivity index (χ0n) is 22.9. The van der Waals surface area contributed by atoms with Gasteiger partial charge in [-0.3, -0.25) is 9.69 Å². The maximum Gasteiger partial charge on any atom is 0.318 e. The quantitative estimate of drug-likeness (QED) is 0.575. The fraction of sp³-hybridized carbons (Fsp3) is 0.483. The van der Waals surface area contributed by atoms with E-state index in [1.807, 2.05) is 75.4 Å². The third kappa shape index (κ3) is 7.33. The topological polar surface area (TPSA) is 86.7 Å². The van der Waals surface area contributed by atoms with E-state index in [1.165, 1.54) is 0 Å². The summed E-state index contributed by atoms with van der Waals surface area (Å²) in [5.41, 5.74) is 2.36. The van der Waals surface area contributed by atoms with E-state index in [1.54, 1.807) is 17.0 Å². The summed E-state index contributed by atoms with van der Waals surface area (Å²) in [7, 11) is 1.63. The first-order chi connectivity index (χ1) is 18.2. The number of ether oxygens (including phenoxy) is 2. The number of urea groups is 1. The Hall–Kier alpha value is -3.43. The molecular weight excluding hydrogens is 482 g/mol. The van der Waals surface area contributed by atoms with Gasteiger partial charge >= 0.3 is 6.03 Å². The molecule has 2 aromatic carbocycles. The van der Waals surface area contributed by atoms with Crippen LogP contribution >= 0.6 is 0 Å². The molecule has 9 nitrogen and oxygen atoms in total. The Balaban J connectivity index is 1.55. The summed E-state index contributed by atoms with van der Waals surface area (Å²) in [6.07, 6.45) is 0.587. The highest BCUT2D eigenvalue weighted by molar-refractivity contribution is 6.03. The average molecular weight is 522 g/mol. The summed E-state index contributed by atoms with van der Waals surface area (Å²) in [6.45, 7) is 9.86. The van der Waals surface area contributed by atoms with Crippen molar-refractivity contribution in [2.24, 2.45) is 5.10 Å². The minimum Gasteiger partial charge on any atom is -0.497 e. The van der Waals surface area contributed by atoms with Crippen LogP contribution in [0.5, 0.6) is 5.75 Å². The predicted molar refractivity (Wildman–Crippen MR) is 147 cm³/mol. The SMILES string of the molecule is COc1ccc(C2=NN(C(=O)CN(CCN3CCOCC3)C(=O)NC(C)(C)C)C(c3ccccc3)C2)cc1. The van der Waals surface area contributed by atoms with Crippen molar-refractivity contribution in [1.29, 1.82) is 0 Å². The number of hydrazone groups is 1. The van der Waals surface area contributed by atoms with Gasteiger partial charge in [0.05, 0.1) is 32.1 Å². The van der Waals surface area contributed by atoms with E-state index in [0.717, 1.165) is 35.7 Å². The van der Waals surface area contributed by atoms with Crippen LogP contribution in [0.25, 0.3) is 0 Å². The van der Waals surface area contributed by atoms with Gasteiger partial charge in [0.2, 0.25) is 0 Å². The van der Waals surface area contributed by atoms with Crippen molar-refractivity contribution in [2.45, 2.75) is 38.8 Å². The molecule has 0 aliphatic carbocycles. The lowest BCUT2D eigenvalue weighted by Gasteiger charge is -2.32. The number of hydrogen-bond acceptors (Lipinski definition) is 6. The van der Waals surface area contributed by atoms with Crippen molar-refractivity contribution in [3.05, 3.63) is 65.7 Å². The molecule has 0 bridgehead atoms. The van der Waals surface area contributed by atoms with E-state index in [-0.39, 0.29) is 24.5 Å². The highest BCUT2D eigenvalue weighted by atomic mass is 16.5. The van der Waals surface area contributed by atoms with Crippen molar-refractivity contribution in [3.8, 4) is 5.75 Å². The summed E-state index contributed by atoms with van der Waals surface area (Å²) >= 11 is 0. The molecule has 0 saturated carbocycles. The largest absolute Gasteiger partial charge is 0.497 e. The van der Waals surface area contributed by atoms with E-state index in [0.29, 0.717) is 32.7 Å². The molecule has 2 heterocycles. The third-order valence-corrected chi connectivity index (χ3v) is 6.66. The lowest BCUT2D eigenvalue weighted by Crippen LogP contribution is -2.53. The second kappa shape index (κ2) is 12.4. The number of carbonyl (C=O) groups excluding carboxylic acids is 2. The number of methoxy groups -OCH3 is 1. The van der Waals surface area contributed by atoms with Crippen LogP contribution in [-0.2, 0) is 9.53 Å². The van der Waals surface area contributed by atoms with Gasteiger partial charge in [-0.1, -0.05) is 30.3 Å². The molecule has 0 radical (unpaired) electrons. The molecule has 1 saturated heterocycles. The molecule has 2 aromatic rings. The zero-order chi connectivity index (χ0) is 27.1. The van der Waals surface area contributed by atoms with E-state index < -0.39 is 5.54 Å². The van der Waals surface area contributed by atoms with Crippen LogP contribution in [-0.4, -0.2) is 91.0 Å². The number of morpholine rings is 1. The Labute approximate surface area is 225 Å². The molecule has 1 atom stereocenters. The third-order valence-electron chi connectivity index (χ3n) is 6.66. The average Bonchev–Trinajstić information content (AvgIpc) is 3.37. The van der Waals surface area contributed by atoms with Gasteiger partial charge in [0, 0.05) is 38.1 Å².